The van der Waals surface area contributed by atoms with Crippen molar-refractivity contribution in [3.8, 4) is 12.1 Å². The Morgan fingerprint density at radius 1 is 1.25 bits per heavy atom. The van der Waals surface area contributed by atoms with Crippen molar-refractivity contribution in [2.45, 2.75) is 26.7 Å². The van der Waals surface area contributed by atoms with Crippen molar-refractivity contribution in [3.05, 3.63) is 35.6 Å². The number of benzene rings is 1. The van der Waals surface area contributed by atoms with Crippen LogP contribution in [0.3, 0.4) is 0 Å². The fourth-order valence-electron chi connectivity index (χ4n) is 2.67. The summed E-state index contributed by atoms with van der Waals surface area (Å²) in [5, 5.41) is 18.6. The molecule has 0 saturated heterocycles. The minimum atomic E-state index is -1.44. The van der Waals surface area contributed by atoms with Crippen molar-refractivity contribution in [2.24, 2.45) is 16.7 Å². The van der Waals surface area contributed by atoms with Gasteiger partial charge in [-0.3, -0.25) is 4.79 Å². The first-order valence-electron chi connectivity index (χ1n) is 6.41. The summed E-state index contributed by atoms with van der Waals surface area (Å²) in [5.41, 5.74) is -1.82. The molecule has 1 aromatic carbocycles. The Balaban J connectivity index is 2.50. The van der Waals surface area contributed by atoms with Crippen LogP contribution in [0.1, 0.15) is 32.3 Å². The zero-order chi connectivity index (χ0) is 15.1. The van der Waals surface area contributed by atoms with E-state index in [1.54, 1.807) is 39.0 Å². The Kier molecular flexibility index (Phi) is 3.14. The SMILES string of the molecule is CC(C)(C)C(=O)C1C(c2ccccc2F)C1(C#N)C#N. The molecular formula is C16H15FN2O. The van der Waals surface area contributed by atoms with Crippen LogP contribution in [0.5, 0.6) is 0 Å². The second kappa shape index (κ2) is 4.42. The van der Waals surface area contributed by atoms with Gasteiger partial charge < -0.3 is 0 Å². The summed E-state index contributed by atoms with van der Waals surface area (Å²) in [6.07, 6.45) is 0. The molecule has 0 spiro atoms. The van der Waals surface area contributed by atoms with Gasteiger partial charge in [0, 0.05) is 11.3 Å². The van der Waals surface area contributed by atoms with E-state index in [0.29, 0.717) is 0 Å². The lowest BCUT2D eigenvalue weighted by Crippen LogP contribution is -2.24. The van der Waals surface area contributed by atoms with Crippen LogP contribution >= 0.6 is 0 Å². The van der Waals surface area contributed by atoms with Crippen LogP contribution in [-0.4, -0.2) is 5.78 Å². The number of carbonyl (C=O) groups is 1. The molecule has 1 fully saturated rings. The molecular weight excluding hydrogens is 255 g/mol. The van der Waals surface area contributed by atoms with E-state index >= 15 is 0 Å². The summed E-state index contributed by atoms with van der Waals surface area (Å²) in [5.74, 6) is -2.08. The number of rotatable bonds is 2. The molecule has 0 aromatic heterocycles. The van der Waals surface area contributed by atoms with Gasteiger partial charge in [-0.15, -0.1) is 0 Å². The second-order valence-electron chi connectivity index (χ2n) is 6.18. The van der Waals surface area contributed by atoms with Crippen LogP contribution in [-0.2, 0) is 4.79 Å². The molecule has 0 bridgehead atoms. The van der Waals surface area contributed by atoms with Crippen LogP contribution < -0.4 is 0 Å². The standard InChI is InChI=1S/C16H15FN2O/c1-15(2,3)14(20)13-12(16(13,8-18)9-19)10-6-4-5-7-11(10)17/h4-7,12-13H,1-3H3. The van der Waals surface area contributed by atoms with Gasteiger partial charge >= 0.3 is 0 Å². The third-order valence-corrected chi connectivity index (χ3v) is 3.84. The highest BCUT2D eigenvalue weighted by atomic mass is 19.1. The maximum atomic E-state index is 13.9. The number of ketones is 1. The Morgan fingerprint density at radius 3 is 2.25 bits per heavy atom. The molecule has 2 unspecified atom stereocenters. The molecule has 0 aliphatic heterocycles. The fourth-order valence-corrected chi connectivity index (χ4v) is 2.67. The van der Waals surface area contributed by atoms with Gasteiger partial charge in [-0.2, -0.15) is 10.5 Å². The van der Waals surface area contributed by atoms with E-state index in [-0.39, 0.29) is 11.3 Å². The van der Waals surface area contributed by atoms with Crippen LogP contribution in [0.2, 0.25) is 0 Å². The Hall–Kier alpha value is -2.20. The Bertz CT molecular complexity index is 632. The largest absolute Gasteiger partial charge is 0.299 e. The van der Waals surface area contributed by atoms with Gasteiger partial charge in [0.05, 0.1) is 18.1 Å². The fraction of sp³-hybridized carbons (Fsp3) is 0.438. The molecule has 0 radical (unpaired) electrons. The summed E-state index contributed by atoms with van der Waals surface area (Å²) in [6, 6.07) is 9.88. The number of carbonyl (C=O) groups excluding carboxylic acids is 1. The highest BCUT2D eigenvalue weighted by Gasteiger charge is 2.72. The lowest BCUT2D eigenvalue weighted by atomic mass is 9.85. The minimum absolute atomic E-state index is 0.172. The van der Waals surface area contributed by atoms with Crippen LogP contribution in [0.15, 0.2) is 24.3 Å². The van der Waals surface area contributed by atoms with Crippen LogP contribution in [0, 0.1) is 45.2 Å². The summed E-state index contributed by atoms with van der Waals surface area (Å²) < 4.78 is 13.9. The van der Waals surface area contributed by atoms with Crippen molar-refractivity contribution in [1.82, 2.24) is 0 Å². The van der Waals surface area contributed by atoms with Gasteiger partial charge in [-0.1, -0.05) is 39.0 Å². The van der Waals surface area contributed by atoms with E-state index in [0.717, 1.165) is 0 Å². The summed E-state index contributed by atoms with van der Waals surface area (Å²) >= 11 is 0. The molecule has 0 heterocycles. The van der Waals surface area contributed by atoms with Crippen molar-refractivity contribution >= 4 is 5.78 Å². The summed E-state index contributed by atoms with van der Waals surface area (Å²) in [7, 11) is 0. The monoisotopic (exact) mass is 270 g/mol. The van der Waals surface area contributed by atoms with E-state index in [1.165, 1.54) is 6.07 Å². The molecule has 0 amide bonds. The third kappa shape index (κ3) is 1.89. The van der Waals surface area contributed by atoms with E-state index in [2.05, 4.69) is 0 Å². The summed E-state index contributed by atoms with van der Waals surface area (Å²) in [4.78, 5) is 12.4. The zero-order valence-corrected chi connectivity index (χ0v) is 11.6. The van der Waals surface area contributed by atoms with E-state index in [9.17, 15) is 19.7 Å². The third-order valence-electron chi connectivity index (χ3n) is 3.84. The number of nitrogens with zero attached hydrogens (tertiary/aromatic N) is 2. The second-order valence-corrected chi connectivity index (χ2v) is 6.18. The predicted octanol–water partition coefficient (Wildman–Crippen LogP) is 3.19. The molecule has 2 rings (SSSR count). The van der Waals surface area contributed by atoms with Gasteiger partial charge in [-0.05, 0) is 11.6 Å². The number of Topliss-reactive ketones (excluding diaryl/α,β-unsaturated/α-hetero) is 1. The van der Waals surface area contributed by atoms with Gasteiger partial charge in [-0.25, -0.2) is 4.39 Å². The Morgan fingerprint density at radius 2 is 1.80 bits per heavy atom. The van der Waals surface area contributed by atoms with Gasteiger partial charge in [0.1, 0.15) is 11.6 Å². The van der Waals surface area contributed by atoms with Crippen LogP contribution in [0.25, 0.3) is 0 Å². The first kappa shape index (κ1) is 14.2. The molecule has 1 aliphatic rings. The molecule has 2 atom stereocenters. The average Bonchev–Trinajstić information content (AvgIpc) is 3.06. The molecule has 3 nitrogen and oxygen atoms in total. The van der Waals surface area contributed by atoms with Crippen molar-refractivity contribution < 1.29 is 9.18 Å². The molecule has 1 saturated carbocycles. The lowest BCUT2D eigenvalue weighted by molar-refractivity contribution is -0.128. The molecule has 4 heteroatoms. The first-order valence-corrected chi connectivity index (χ1v) is 6.41. The minimum Gasteiger partial charge on any atom is -0.299 e. The quantitative estimate of drug-likeness (QED) is 0.829. The van der Waals surface area contributed by atoms with Gasteiger partial charge in [0.15, 0.2) is 5.41 Å². The molecule has 1 aromatic rings. The first-order chi connectivity index (χ1) is 9.29. The maximum absolute atomic E-state index is 13.9. The molecule has 1 aliphatic carbocycles. The van der Waals surface area contributed by atoms with Gasteiger partial charge in [0.2, 0.25) is 0 Å². The smallest absolute Gasteiger partial charge is 0.161 e. The zero-order valence-electron chi connectivity index (χ0n) is 11.6. The highest BCUT2D eigenvalue weighted by molar-refractivity contribution is 5.92. The van der Waals surface area contributed by atoms with E-state index < -0.39 is 28.5 Å². The Labute approximate surface area is 117 Å². The predicted molar refractivity (Wildman–Crippen MR) is 70.8 cm³/mol. The number of hydrogen-bond acceptors (Lipinski definition) is 3. The molecule has 102 valence electrons. The maximum Gasteiger partial charge on any atom is 0.161 e. The number of nitriles is 2. The van der Waals surface area contributed by atoms with E-state index in [1.807, 2.05) is 12.1 Å². The number of halogens is 1. The molecule has 20 heavy (non-hydrogen) atoms. The summed E-state index contributed by atoms with van der Waals surface area (Å²) in [6.45, 7) is 5.22. The van der Waals surface area contributed by atoms with Crippen LogP contribution in [0.4, 0.5) is 4.39 Å². The normalized spacial score (nSPS) is 23.5. The van der Waals surface area contributed by atoms with E-state index in [4.69, 9.17) is 0 Å². The topological polar surface area (TPSA) is 64.7 Å². The molecule has 0 N–H and O–H groups in total. The van der Waals surface area contributed by atoms with Crippen molar-refractivity contribution in [1.29, 1.82) is 10.5 Å². The van der Waals surface area contributed by atoms with Crippen molar-refractivity contribution in [3.63, 3.8) is 0 Å². The van der Waals surface area contributed by atoms with Gasteiger partial charge in [0.25, 0.3) is 0 Å². The lowest BCUT2D eigenvalue weighted by Gasteiger charge is -2.16. The highest BCUT2D eigenvalue weighted by Crippen LogP contribution is 2.66. The number of hydrogen-bond donors (Lipinski definition) is 0. The average molecular weight is 270 g/mol. The van der Waals surface area contributed by atoms with Crippen molar-refractivity contribution in [2.75, 3.05) is 0 Å².